The van der Waals surface area contributed by atoms with Crippen molar-refractivity contribution in [1.29, 1.82) is 0 Å². The Morgan fingerprint density at radius 3 is 2.59 bits per heavy atom. The average molecular weight is 443 g/mol. The molecule has 2 aliphatic heterocycles. The van der Waals surface area contributed by atoms with Crippen LogP contribution in [0, 0.1) is 20.9 Å². The quantitative estimate of drug-likeness (QED) is 0.295. The zero-order chi connectivity index (χ0) is 23.4. The van der Waals surface area contributed by atoms with Crippen LogP contribution in [0.4, 0.5) is 5.69 Å². The molecule has 3 aliphatic rings. The van der Waals surface area contributed by atoms with E-state index in [0.29, 0.717) is 11.4 Å². The van der Waals surface area contributed by atoms with Crippen molar-refractivity contribution in [3.8, 4) is 0 Å². The first-order valence-electron chi connectivity index (χ1n) is 10.5. The first-order valence-corrected chi connectivity index (χ1v) is 10.5. The second-order valence-electron chi connectivity index (χ2n) is 10.0. The molecule has 170 valence electrons. The fourth-order valence-corrected chi connectivity index (χ4v) is 5.76. The second kappa shape index (κ2) is 7.39. The molecule has 1 saturated carbocycles. The van der Waals surface area contributed by atoms with Crippen LogP contribution in [0.15, 0.2) is 18.2 Å². The summed E-state index contributed by atoms with van der Waals surface area (Å²) in [6.07, 6.45) is 2.83. The number of imide groups is 1. The van der Waals surface area contributed by atoms with Crippen LogP contribution in [0.3, 0.4) is 0 Å². The third-order valence-electron chi connectivity index (χ3n) is 6.55. The standard InChI is InChI=1S/C22H25N3O7/c1-21(2)7-13-8-22(3,11-21)12-24(13)16(26)10-32-17(27)9-23-19(28)14-5-4-6-15(25(30)31)18(14)20(23)29/h4-6,13H,7-12H2,1-3H3. The molecular weight excluding hydrogens is 418 g/mol. The van der Waals surface area contributed by atoms with E-state index in [2.05, 4.69) is 20.8 Å². The molecule has 1 aromatic carbocycles. The Morgan fingerprint density at radius 2 is 1.91 bits per heavy atom. The molecule has 0 radical (unpaired) electrons. The number of carbonyl (C=O) groups excluding carboxylic acids is 4. The van der Waals surface area contributed by atoms with Crippen molar-refractivity contribution in [2.45, 2.75) is 46.1 Å². The Balaban J connectivity index is 1.37. The minimum absolute atomic E-state index is 0.0426. The number of ether oxygens (including phenoxy) is 1. The number of fused-ring (bicyclic) bond motifs is 3. The smallest absolute Gasteiger partial charge is 0.326 e. The summed E-state index contributed by atoms with van der Waals surface area (Å²) in [5, 5.41) is 11.2. The lowest BCUT2D eigenvalue weighted by molar-refractivity contribution is -0.385. The second-order valence-corrected chi connectivity index (χ2v) is 10.0. The molecule has 0 aromatic heterocycles. The molecule has 1 aliphatic carbocycles. The van der Waals surface area contributed by atoms with Crippen LogP contribution in [0.25, 0.3) is 0 Å². The van der Waals surface area contributed by atoms with Gasteiger partial charge in [-0.15, -0.1) is 0 Å². The van der Waals surface area contributed by atoms with Crippen LogP contribution in [-0.2, 0) is 14.3 Å². The van der Waals surface area contributed by atoms with Crippen molar-refractivity contribution < 1.29 is 28.8 Å². The van der Waals surface area contributed by atoms with E-state index in [1.165, 1.54) is 12.1 Å². The number of nitro benzene ring substituents is 1. The third kappa shape index (κ3) is 3.74. The number of esters is 1. The summed E-state index contributed by atoms with van der Waals surface area (Å²) in [5.41, 5.74) is -0.790. The van der Waals surface area contributed by atoms with Crippen molar-refractivity contribution in [3.05, 3.63) is 39.4 Å². The Labute approximate surface area is 184 Å². The first kappa shape index (κ1) is 21.9. The van der Waals surface area contributed by atoms with Gasteiger partial charge in [-0.1, -0.05) is 26.8 Å². The normalized spacial score (nSPS) is 25.7. The van der Waals surface area contributed by atoms with Crippen molar-refractivity contribution in [1.82, 2.24) is 9.80 Å². The molecule has 1 saturated heterocycles. The van der Waals surface area contributed by atoms with E-state index < -0.39 is 41.5 Å². The fraction of sp³-hybridized carbons (Fsp3) is 0.545. The number of likely N-dealkylation sites (tertiary alicyclic amines) is 1. The summed E-state index contributed by atoms with van der Waals surface area (Å²) in [7, 11) is 0. The van der Waals surface area contributed by atoms with E-state index in [0.717, 1.165) is 25.3 Å². The molecule has 2 heterocycles. The number of amides is 3. The highest BCUT2D eigenvalue weighted by Crippen LogP contribution is 2.52. The minimum atomic E-state index is -0.927. The van der Waals surface area contributed by atoms with Gasteiger partial charge in [0.2, 0.25) is 0 Å². The first-order chi connectivity index (χ1) is 14.9. The third-order valence-corrected chi connectivity index (χ3v) is 6.55. The molecule has 1 aromatic rings. The largest absolute Gasteiger partial charge is 0.454 e. The summed E-state index contributed by atoms with van der Waals surface area (Å²) in [5.74, 6) is -2.96. The van der Waals surface area contributed by atoms with Gasteiger partial charge in [0, 0.05) is 18.7 Å². The lowest BCUT2D eigenvalue weighted by Gasteiger charge is -2.39. The summed E-state index contributed by atoms with van der Waals surface area (Å²) in [6, 6.07) is 3.83. The lowest BCUT2D eigenvalue weighted by Crippen LogP contribution is -2.41. The maximum absolute atomic E-state index is 12.7. The van der Waals surface area contributed by atoms with E-state index in [-0.39, 0.29) is 33.9 Å². The van der Waals surface area contributed by atoms with Crippen molar-refractivity contribution in [2.24, 2.45) is 10.8 Å². The number of carbonyl (C=O) groups is 4. The van der Waals surface area contributed by atoms with E-state index in [1.54, 1.807) is 4.90 Å². The number of hydrogen-bond donors (Lipinski definition) is 0. The summed E-state index contributed by atoms with van der Waals surface area (Å²) >= 11 is 0. The van der Waals surface area contributed by atoms with E-state index in [9.17, 15) is 29.3 Å². The topological polar surface area (TPSA) is 127 Å². The highest BCUT2D eigenvalue weighted by atomic mass is 16.6. The molecule has 10 nitrogen and oxygen atoms in total. The van der Waals surface area contributed by atoms with Gasteiger partial charge in [-0.2, -0.15) is 0 Å². The maximum atomic E-state index is 12.7. The molecule has 2 unspecified atom stereocenters. The van der Waals surface area contributed by atoms with Gasteiger partial charge in [-0.25, -0.2) is 0 Å². The molecular formula is C22H25N3O7. The summed E-state index contributed by atoms with van der Waals surface area (Å²) in [4.78, 5) is 62.9. The Kier molecular flexibility index (Phi) is 5.06. The van der Waals surface area contributed by atoms with E-state index in [1.807, 2.05) is 0 Å². The molecule has 2 bridgehead atoms. The van der Waals surface area contributed by atoms with Crippen molar-refractivity contribution >= 4 is 29.4 Å². The predicted molar refractivity (Wildman–Crippen MR) is 111 cm³/mol. The van der Waals surface area contributed by atoms with Crippen LogP contribution in [-0.4, -0.2) is 64.2 Å². The van der Waals surface area contributed by atoms with Crippen LogP contribution < -0.4 is 0 Å². The van der Waals surface area contributed by atoms with E-state index in [4.69, 9.17) is 4.74 Å². The van der Waals surface area contributed by atoms with Crippen LogP contribution in [0.2, 0.25) is 0 Å². The van der Waals surface area contributed by atoms with Crippen LogP contribution >= 0.6 is 0 Å². The van der Waals surface area contributed by atoms with Crippen LogP contribution in [0.1, 0.15) is 60.7 Å². The lowest BCUT2D eigenvalue weighted by atomic mass is 9.65. The Hall–Kier alpha value is -3.30. The summed E-state index contributed by atoms with van der Waals surface area (Å²) in [6.45, 7) is 5.97. The van der Waals surface area contributed by atoms with Gasteiger partial charge in [-0.3, -0.25) is 34.2 Å². The van der Waals surface area contributed by atoms with Gasteiger partial charge in [0.1, 0.15) is 12.1 Å². The Bertz CT molecular complexity index is 1050. The Morgan fingerprint density at radius 1 is 1.19 bits per heavy atom. The highest BCUT2D eigenvalue weighted by Gasteiger charge is 2.51. The molecule has 3 amide bonds. The van der Waals surface area contributed by atoms with Crippen LogP contribution in [0.5, 0.6) is 0 Å². The monoisotopic (exact) mass is 443 g/mol. The number of nitrogens with zero attached hydrogens (tertiary/aromatic N) is 3. The van der Waals surface area contributed by atoms with Crippen molar-refractivity contribution in [2.75, 3.05) is 19.7 Å². The number of benzene rings is 1. The van der Waals surface area contributed by atoms with Gasteiger partial charge in [0.05, 0.1) is 10.5 Å². The zero-order valence-electron chi connectivity index (χ0n) is 18.3. The highest BCUT2D eigenvalue weighted by molar-refractivity contribution is 6.24. The molecule has 32 heavy (non-hydrogen) atoms. The average Bonchev–Trinajstić information content (AvgIpc) is 3.09. The molecule has 0 N–H and O–H groups in total. The molecule has 2 fully saturated rings. The number of nitro groups is 1. The minimum Gasteiger partial charge on any atom is -0.454 e. The molecule has 2 atom stereocenters. The van der Waals surface area contributed by atoms with Gasteiger partial charge in [0.15, 0.2) is 6.61 Å². The van der Waals surface area contributed by atoms with Gasteiger partial charge < -0.3 is 9.64 Å². The number of rotatable bonds is 5. The molecule has 4 rings (SSSR count). The van der Waals surface area contributed by atoms with Gasteiger partial charge >= 0.3 is 5.97 Å². The zero-order valence-corrected chi connectivity index (χ0v) is 18.3. The van der Waals surface area contributed by atoms with Gasteiger partial charge in [-0.05, 0) is 36.2 Å². The summed E-state index contributed by atoms with van der Waals surface area (Å²) < 4.78 is 5.07. The number of hydrogen-bond acceptors (Lipinski definition) is 7. The maximum Gasteiger partial charge on any atom is 0.326 e. The van der Waals surface area contributed by atoms with E-state index >= 15 is 0 Å². The SMILES string of the molecule is CC1(C)CC2CC(C)(CN2C(=O)COC(=O)CN2C(=O)c3cccc([N+](=O)[O-])c3C2=O)C1. The molecule has 0 spiro atoms. The fourth-order valence-electron chi connectivity index (χ4n) is 5.76. The van der Waals surface area contributed by atoms with Crippen molar-refractivity contribution in [3.63, 3.8) is 0 Å². The predicted octanol–water partition coefficient (Wildman–Crippen LogP) is 2.16. The molecule has 10 heteroatoms. The van der Waals surface area contributed by atoms with Gasteiger partial charge in [0.25, 0.3) is 23.4 Å².